The Morgan fingerprint density at radius 3 is 2.43 bits per heavy atom. The molecule has 0 saturated carbocycles. The SMILES string of the molecule is COc1ccc(CN2C(=S)C(CC(=O)O)OC(c3cccc(OC)c3Cl)c3cc(Cl)ccc32)c(OC)c1. The smallest absolute Gasteiger partial charge is 0.306 e. The van der Waals surface area contributed by atoms with Crippen LogP contribution in [0.2, 0.25) is 10.0 Å². The van der Waals surface area contributed by atoms with Crippen LogP contribution in [0.15, 0.2) is 54.6 Å². The van der Waals surface area contributed by atoms with Gasteiger partial charge in [0.2, 0.25) is 0 Å². The van der Waals surface area contributed by atoms with Crippen molar-refractivity contribution < 1.29 is 28.8 Å². The second-order valence-electron chi connectivity index (χ2n) is 8.27. The van der Waals surface area contributed by atoms with Crippen LogP contribution in [0, 0.1) is 0 Å². The van der Waals surface area contributed by atoms with Crippen molar-refractivity contribution in [1.29, 1.82) is 0 Å². The topological polar surface area (TPSA) is 77.5 Å². The Bertz CT molecular complexity index is 1330. The lowest BCUT2D eigenvalue weighted by atomic mass is 9.98. The maximum Gasteiger partial charge on any atom is 0.306 e. The van der Waals surface area contributed by atoms with Gasteiger partial charge in [0.15, 0.2) is 0 Å². The summed E-state index contributed by atoms with van der Waals surface area (Å²) in [4.78, 5) is 14.0. The number of thiocarbonyl (C=S) groups is 1. The summed E-state index contributed by atoms with van der Waals surface area (Å²) in [6.45, 7) is 0.290. The van der Waals surface area contributed by atoms with E-state index in [-0.39, 0.29) is 6.42 Å². The Hall–Kier alpha value is -3.04. The van der Waals surface area contributed by atoms with Crippen LogP contribution in [0.25, 0.3) is 0 Å². The van der Waals surface area contributed by atoms with Crippen LogP contribution in [0.4, 0.5) is 5.69 Å². The van der Waals surface area contributed by atoms with Crippen molar-refractivity contribution in [2.75, 3.05) is 26.2 Å². The van der Waals surface area contributed by atoms with E-state index >= 15 is 0 Å². The zero-order valence-corrected chi connectivity index (χ0v) is 22.7. The number of carboxylic acid groups (broad SMARTS) is 1. The fraction of sp³-hybridized carbons (Fsp3) is 0.259. The molecule has 2 unspecified atom stereocenters. The number of fused-ring (bicyclic) bond motifs is 1. The van der Waals surface area contributed by atoms with E-state index in [1.807, 2.05) is 29.2 Å². The van der Waals surface area contributed by atoms with Gasteiger partial charge in [-0.1, -0.05) is 47.6 Å². The molecule has 3 aromatic carbocycles. The first-order valence-corrected chi connectivity index (χ1v) is 12.4. The van der Waals surface area contributed by atoms with E-state index in [9.17, 15) is 9.90 Å². The summed E-state index contributed by atoms with van der Waals surface area (Å²) in [5.74, 6) is 0.664. The van der Waals surface area contributed by atoms with Crippen LogP contribution in [0.5, 0.6) is 17.2 Å². The summed E-state index contributed by atoms with van der Waals surface area (Å²) < 4.78 is 22.8. The number of carboxylic acids is 1. The Morgan fingerprint density at radius 1 is 1.00 bits per heavy atom. The molecule has 0 bridgehead atoms. The number of rotatable bonds is 8. The lowest BCUT2D eigenvalue weighted by Crippen LogP contribution is -2.38. The number of anilines is 1. The quantitative estimate of drug-likeness (QED) is 0.320. The predicted molar refractivity (Wildman–Crippen MR) is 147 cm³/mol. The second kappa shape index (κ2) is 11.6. The lowest BCUT2D eigenvalue weighted by Gasteiger charge is -2.28. The number of ether oxygens (including phenoxy) is 4. The van der Waals surface area contributed by atoms with Crippen molar-refractivity contribution in [2.45, 2.75) is 25.2 Å². The largest absolute Gasteiger partial charge is 0.497 e. The monoisotopic (exact) mass is 561 g/mol. The summed E-state index contributed by atoms with van der Waals surface area (Å²) in [6, 6.07) is 16.2. The first-order chi connectivity index (χ1) is 17.8. The van der Waals surface area contributed by atoms with Crippen LogP contribution >= 0.6 is 35.4 Å². The first-order valence-electron chi connectivity index (χ1n) is 11.3. The van der Waals surface area contributed by atoms with Crippen molar-refractivity contribution in [3.05, 3.63) is 81.3 Å². The molecule has 1 N–H and O–H groups in total. The maximum absolute atomic E-state index is 11.8. The highest BCUT2D eigenvalue weighted by Crippen LogP contribution is 2.44. The second-order valence-corrected chi connectivity index (χ2v) is 9.50. The van der Waals surface area contributed by atoms with Gasteiger partial charge in [-0.3, -0.25) is 4.79 Å². The summed E-state index contributed by atoms with van der Waals surface area (Å²) in [6.07, 6.45) is -2.04. The van der Waals surface area contributed by atoms with E-state index < -0.39 is 18.2 Å². The fourth-order valence-electron chi connectivity index (χ4n) is 4.31. The van der Waals surface area contributed by atoms with Crippen LogP contribution in [-0.4, -0.2) is 43.5 Å². The van der Waals surface area contributed by atoms with Crippen LogP contribution in [-0.2, 0) is 16.1 Å². The van der Waals surface area contributed by atoms with Crippen LogP contribution in [0.3, 0.4) is 0 Å². The molecule has 37 heavy (non-hydrogen) atoms. The molecule has 0 fully saturated rings. The normalized spacial score (nSPS) is 17.1. The minimum Gasteiger partial charge on any atom is -0.497 e. The Balaban J connectivity index is 1.90. The third-order valence-electron chi connectivity index (χ3n) is 6.08. The van der Waals surface area contributed by atoms with E-state index in [0.717, 1.165) is 5.56 Å². The number of hydrogen-bond acceptors (Lipinski definition) is 6. The first kappa shape index (κ1) is 27.0. The minimum absolute atomic E-state index is 0.290. The van der Waals surface area contributed by atoms with Crippen LogP contribution in [0.1, 0.15) is 29.2 Å². The van der Waals surface area contributed by atoms with Gasteiger partial charge < -0.3 is 29.0 Å². The average Bonchev–Trinajstić information content (AvgIpc) is 2.99. The summed E-state index contributed by atoms with van der Waals surface area (Å²) in [5, 5.41) is 10.5. The molecule has 4 rings (SSSR count). The van der Waals surface area contributed by atoms with Crippen molar-refractivity contribution in [1.82, 2.24) is 0 Å². The predicted octanol–water partition coefficient (Wildman–Crippen LogP) is 6.32. The van der Waals surface area contributed by atoms with E-state index in [0.29, 0.717) is 55.6 Å². The molecular formula is C27H25Cl2NO6S. The van der Waals surface area contributed by atoms with Crippen molar-refractivity contribution in [3.63, 3.8) is 0 Å². The molecule has 1 heterocycles. The van der Waals surface area contributed by atoms with Gasteiger partial charge in [0.05, 0.1) is 39.3 Å². The highest BCUT2D eigenvalue weighted by Gasteiger charge is 2.37. The molecule has 194 valence electrons. The van der Waals surface area contributed by atoms with E-state index in [1.54, 1.807) is 44.6 Å². The van der Waals surface area contributed by atoms with Crippen molar-refractivity contribution >= 4 is 52.1 Å². The molecule has 1 aliphatic rings. The number of benzene rings is 3. The molecule has 0 radical (unpaired) electrons. The third kappa shape index (κ3) is 5.62. The number of carbonyl (C=O) groups is 1. The fourth-order valence-corrected chi connectivity index (χ4v) is 5.09. The number of methoxy groups -OCH3 is 3. The number of nitrogens with zero attached hydrogens (tertiary/aromatic N) is 1. The van der Waals surface area contributed by atoms with Gasteiger partial charge in [0, 0.05) is 33.5 Å². The van der Waals surface area contributed by atoms with Gasteiger partial charge in [-0.25, -0.2) is 0 Å². The van der Waals surface area contributed by atoms with Gasteiger partial charge in [0.1, 0.15) is 34.4 Å². The van der Waals surface area contributed by atoms with Gasteiger partial charge >= 0.3 is 5.97 Å². The standard InChI is InChI=1S/C27H25Cl2NO6S/c1-33-17-9-7-15(22(12-17)35-3)14-30-20-10-8-16(28)11-19(20)26(36-23(27(30)37)13-24(31)32)18-5-4-6-21(34-2)25(18)29/h4-12,23,26H,13-14H2,1-3H3,(H,31,32). The zero-order valence-electron chi connectivity index (χ0n) is 20.4. The molecular weight excluding hydrogens is 537 g/mol. The number of hydrogen-bond donors (Lipinski definition) is 1. The van der Waals surface area contributed by atoms with Gasteiger partial charge in [-0.15, -0.1) is 0 Å². The summed E-state index contributed by atoms with van der Waals surface area (Å²) in [5.41, 5.74) is 2.82. The zero-order chi connectivity index (χ0) is 26.7. The van der Waals surface area contributed by atoms with E-state index in [1.165, 1.54) is 7.11 Å². The minimum atomic E-state index is -1.05. The average molecular weight is 562 g/mol. The summed E-state index contributed by atoms with van der Waals surface area (Å²) in [7, 11) is 4.68. The molecule has 0 amide bonds. The Morgan fingerprint density at radius 2 is 1.76 bits per heavy atom. The molecule has 7 nitrogen and oxygen atoms in total. The van der Waals surface area contributed by atoms with Gasteiger partial charge in [-0.2, -0.15) is 0 Å². The van der Waals surface area contributed by atoms with Crippen molar-refractivity contribution in [3.8, 4) is 17.2 Å². The van der Waals surface area contributed by atoms with Gasteiger partial charge in [0.25, 0.3) is 0 Å². The summed E-state index contributed by atoms with van der Waals surface area (Å²) >= 11 is 19.0. The third-order valence-corrected chi connectivity index (χ3v) is 7.21. The van der Waals surface area contributed by atoms with Crippen molar-refractivity contribution in [2.24, 2.45) is 0 Å². The van der Waals surface area contributed by atoms with Gasteiger partial charge in [-0.05, 0) is 36.4 Å². The Labute approximate surface area is 230 Å². The molecule has 1 aliphatic heterocycles. The highest BCUT2D eigenvalue weighted by molar-refractivity contribution is 7.80. The molecule has 2 atom stereocenters. The molecule has 0 aliphatic carbocycles. The lowest BCUT2D eigenvalue weighted by molar-refractivity contribution is -0.139. The molecule has 10 heteroatoms. The molecule has 0 saturated heterocycles. The maximum atomic E-state index is 11.8. The van der Waals surface area contributed by atoms with E-state index in [4.69, 9.17) is 54.4 Å². The Kier molecular flexibility index (Phi) is 8.44. The number of aliphatic carboxylic acids is 1. The van der Waals surface area contributed by atoms with E-state index in [2.05, 4.69) is 0 Å². The van der Waals surface area contributed by atoms with Crippen LogP contribution < -0.4 is 19.1 Å². The molecule has 0 aromatic heterocycles. The highest BCUT2D eigenvalue weighted by atomic mass is 35.5. The molecule has 3 aromatic rings. The number of halogens is 2. The molecule has 0 spiro atoms.